The molecule has 6 nitrogen and oxygen atoms in total. The zero-order valence-corrected chi connectivity index (χ0v) is 16.1. The van der Waals surface area contributed by atoms with Crippen LogP contribution in [0.3, 0.4) is 0 Å². The molecule has 1 aromatic rings. The number of nitrogens with zero attached hydrogens (tertiary/aromatic N) is 3. The number of aromatic nitrogens is 3. The molecule has 1 fully saturated rings. The Morgan fingerprint density at radius 2 is 2.13 bits per heavy atom. The summed E-state index contributed by atoms with van der Waals surface area (Å²) >= 11 is 5.37. The lowest BCUT2D eigenvalue weighted by Crippen LogP contribution is -2.38. The smallest absolute Gasteiger partial charge is 0.217 e. The van der Waals surface area contributed by atoms with Gasteiger partial charge in [0.25, 0.3) is 0 Å². The van der Waals surface area contributed by atoms with E-state index in [1.165, 1.54) is 0 Å². The summed E-state index contributed by atoms with van der Waals surface area (Å²) in [7, 11) is -2.89. The third-order valence-corrected chi connectivity index (χ3v) is 6.30. The van der Waals surface area contributed by atoms with E-state index in [0.29, 0.717) is 23.6 Å². The minimum atomic E-state index is -2.89. The molecule has 1 aliphatic rings. The van der Waals surface area contributed by atoms with Crippen molar-refractivity contribution in [1.82, 2.24) is 19.7 Å². The van der Waals surface area contributed by atoms with Crippen LogP contribution in [0.15, 0.2) is 0 Å². The Labute approximate surface area is 144 Å². The minimum absolute atomic E-state index is 0.0786. The zero-order chi connectivity index (χ0) is 17.3. The van der Waals surface area contributed by atoms with E-state index in [2.05, 4.69) is 42.7 Å². The molecule has 0 aromatic carbocycles. The number of aromatic amines is 1. The standard InChI is InChI=1S/C15H28N4O2S2/c1-5-6-8-18(12-7-9-23(20,21)10-12)11-19-14(22)16-13(17-19)15(2,3)4/h12H,5-11H2,1-4H3,(H,16,17,22). The highest BCUT2D eigenvalue weighted by atomic mass is 32.2. The van der Waals surface area contributed by atoms with Gasteiger partial charge in [-0.1, -0.05) is 34.1 Å². The Hall–Kier alpha value is -0.730. The van der Waals surface area contributed by atoms with Gasteiger partial charge in [-0.2, -0.15) is 0 Å². The average molecular weight is 361 g/mol. The second-order valence-electron chi connectivity index (χ2n) is 7.40. The maximum atomic E-state index is 11.8. The Morgan fingerprint density at radius 1 is 1.43 bits per heavy atom. The van der Waals surface area contributed by atoms with E-state index in [1.807, 2.05) is 4.68 Å². The predicted molar refractivity (Wildman–Crippen MR) is 94.8 cm³/mol. The summed E-state index contributed by atoms with van der Waals surface area (Å²) in [5.74, 6) is 1.41. The van der Waals surface area contributed by atoms with Gasteiger partial charge in [0.05, 0.1) is 18.2 Å². The first-order valence-electron chi connectivity index (χ1n) is 8.24. The van der Waals surface area contributed by atoms with Crippen LogP contribution in [0.4, 0.5) is 0 Å². The summed E-state index contributed by atoms with van der Waals surface area (Å²) in [6, 6.07) is 0.0786. The highest BCUT2D eigenvalue weighted by molar-refractivity contribution is 7.91. The summed E-state index contributed by atoms with van der Waals surface area (Å²) in [5.41, 5.74) is -0.0935. The van der Waals surface area contributed by atoms with Crippen LogP contribution in [0, 0.1) is 4.77 Å². The van der Waals surface area contributed by atoms with Crippen LogP contribution in [0.25, 0.3) is 0 Å². The molecule has 1 unspecified atom stereocenters. The maximum Gasteiger partial charge on any atom is 0.217 e. The fraction of sp³-hybridized carbons (Fsp3) is 0.867. The van der Waals surface area contributed by atoms with Gasteiger partial charge in [0.1, 0.15) is 5.82 Å². The van der Waals surface area contributed by atoms with Gasteiger partial charge in [-0.3, -0.25) is 10.00 Å². The third-order valence-electron chi connectivity index (χ3n) is 4.24. The molecule has 2 heterocycles. The molecular formula is C15H28N4O2S2. The molecule has 0 amide bonds. The molecule has 1 aliphatic heterocycles. The van der Waals surface area contributed by atoms with Crippen LogP contribution in [0.2, 0.25) is 0 Å². The molecule has 0 saturated carbocycles. The average Bonchev–Trinajstić information content (AvgIpc) is 2.97. The van der Waals surface area contributed by atoms with Gasteiger partial charge in [0.15, 0.2) is 9.84 Å². The van der Waals surface area contributed by atoms with Gasteiger partial charge < -0.3 is 0 Å². The van der Waals surface area contributed by atoms with Crippen LogP contribution >= 0.6 is 12.2 Å². The molecule has 0 spiro atoms. The van der Waals surface area contributed by atoms with Crippen molar-refractivity contribution in [2.24, 2.45) is 0 Å². The minimum Gasteiger partial charge on any atom is -0.281 e. The first-order valence-corrected chi connectivity index (χ1v) is 10.5. The Kier molecular flexibility index (Phi) is 5.68. The molecule has 1 N–H and O–H groups in total. The molecule has 132 valence electrons. The van der Waals surface area contributed by atoms with Gasteiger partial charge >= 0.3 is 0 Å². The quantitative estimate of drug-likeness (QED) is 0.789. The van der Waals surface area contributed by atoms with Crippen LogP contribution in [-0.4, -0.2) is 52.2 Å². The first-order chi connectivity index (χ1) is 10.6. The summed E-state index contributed by atoms with van der Waals surface area (Å²) in [6.45, 7) is 9.85. The van der Waals surface area contributed by atoms with Crippen molar-refractivity contribution < 1.29 is 8.42 Å². The van der Waals surface area contributed by atoms with Crippen molar-refractivity contribution in [1.29, 1.82) is 0 Å². The SMILES string of the molecule is CCCCN(Cn1[nH]c(C(C)(C)C)nc1=S)C1CCS(=O)(=O)C1. The first kappa shape index (κ1) is 18.6. The van der Waals surface area contributed by atoms with Gasteiger partial charge in [-0.15, -0.1) is 0 Å². The molecule has 23 heavy (non-hydrogen) atoms. The fourth-order valence-corrected chi connectivity index (χ4v) is 4.72. The highest BCUT2D eigenvalue weighted by Gasteiger charge is 2.32. The summed E-state index contributed by atoms with van der Waals surface area (Å²) in [6.07, 6.45) is 2.83. The summed E-state index contributed by atoms with van der Waals surface area (Å²) in [4.78, 5) is 6.68. The molecule has 1 saturated heterocycles. The number of H-pyrrole nitrogens is 1. The molecule has 2 rings (SSSR count). The molecule has 0 bridgehead atoms. The van der Waals surface area contributed by atoms with Crippen LogP contribution < -0.4 is 0 Å². The van der Waals surface area contributed by atoms with Crippen LogP contribution in [0.5, 0.6) is 0 Å². The number of hydrogen-bond donors (Lipinski definition) is 1. The van der Waals surface area contributed by atoms with Crippen molar-refractivity contribution in [3.8, 4) is 0 Å². The summed E-state index contributed by atoms with van der Waals surface area (Å²) < 4.78 is 26.0. The molecule has 8 heteroatoms. The number of nitrogens with one attached hydrogen (secondary N) is 1. The van der Waals surface area contributed by atoms with Crippen molar-refractivity contribution >= 4 is 22.1 Å². The van der Waals surface area contributed by atoms with Gasteiger partial charge in [-0.05, 0) is 25.1 Å². The molecular weight excluding hydrogens is 332 g/mol. The van der Waals surface area contributed by atoms with E-state index in [9.17, 15) is 8.42 Å². The monoisotopic (exact) mass is 360 g/mol. The van der Waals surface area contributed by atoms with E-state index in [1.54, 1.807) is 0 Å². The molecule has 1 aromatic heterocycles. The van der Waals surface area contributed by atoms with E-state index < -0.39 is 9.84 Å². The zero-order valence-electron chi connectivity index (χ0n) is 14.5. The number of hydrogen-bond acceptors (Lipinski definition) is 5. The van der Waals surface area contributed by atoms with Crippen molar-refractivity contribution in [2.45, 2.75) is 65.1 Å². The summed E-state index contributed by atoms with van der Waals surface area (Å²) in [5, 5.41) is 3.28. The van der Waals surface area contributed by atoms with Crippen molar-refractivity contribution in [3.05, 3.63) is 10.6 Å². The largest absolute Gasteiger partial charge is 0.281 e. The number of unbranched alkanes of at least 4 members (excludes halogenated alkanes) is 1. The van der Waals surface area contributed by atoms with E-state index >= 15 is 0 Å². The highest BCUT2D eigenvalue weighted by Crippen LogP contribution is 2.21. The normalized spacial score (nSPS) is 21.2. The van der Waals surface area contributed by atoms with E-state index in [-0.39, 0.29) is 17.2 Å². The van der Waals surface area contributed by atoms with E-state index in [0.717, 1.165) is 25.2 Å². The molecule has 0 radical (unpaired) electrons. The second-order valence-corrected chi connectivity index (χ2v) is 9.99. The predicted octanol–water partition coefficient (Wildman–Crippen LogP) is 2.48. The lowest BCUT2D eigenvalue weighted by Gasteiger charge is -2.28. The lowest BCUT2D eigenvalue weighted by molar-refractivity contribution is 0.152. The molecule has 1 atom stereocenters. The van der Waals surface area contributed by atoms with Crippen molar-refractivity contribution in [2.75, 3.05) is 18.1 Å². The Bertz CT molecular complexity index is 685. The second kappa shape index (κ2) is 7.03. The van der Waals surface area contributed by atoms with Gasteiger partial charge in [0.2, 0.25) is 4.77 Å². The van der Waals surface area contributed by atoms with E-state index in [4.69, 9.17) is 12.2 Å². The fourth-order valence-electron chi connectivity index (χ4n) is 2.76. The topological polar surface area (TPSA) is 71.0 Å². The van der Waals surface area contributed by atoms with Gasteiger partial charge in [-0.25, -0.2) is 18.1 Å². The Morgan fingerprint density at radius 3 is 2.61 bits per heavy atom. The van der Waals surface area contributed by atoms with Crippen molar-refractivity contribution in [3.63, 3.8) is 0 Å². The third kappa shape index (κ3) is 4.87. The lowest BCUT2D eigenvalue weighted by atomic mass is 9.96. The number of sulfone groups is 1. The van der Waals surface area contributed by atoms with Gasteiger partial charge in [0, 0.05) is 18.0 Å². The Balaban J connectivity index is 2.18. The molecule has 0 aliphatic carbocycles. The number of rotatable bonds is 6. The maximum absolute atomic E-state index is 11.8. The van der Waals surface area contributed by atoms with Crippen LogP contribution in [0.1, 0.15) is 52.8 Å². The van der Waals surface area contributed by atoms with Crippen LogP contribution in [-0.2, 0) is 21.9 Å².